The Morgan fingerprint density at radius 3 is 3.25 bits per heavy atom. The monoisotopic (exact) mass is 220 g/mol. The number of pyridine rings is 1. The Hall–Kier alpha value is -1.29. The fraction of sp³-hybridized carbons (Fsp3) is 0.583. The third-order valence-electron chi connectivity index (χ3n) is 3.41. The van der Waals surface area contributed by atoms with Gasteiger partial charge in [-0.1, -0.05) is 0 Å². The number of likely N-dealkylation sites (tertiary alicyclic amines) is 1. The molecule has 1 aromatic rings. The molecule has 1 fully saturated rings. The molecule has 0 radical (unpaired) electrons. The molecule has 2 aliphatic heterocycles. The summed E-state index contributed by atoms with van der Waals surface area (Å²) in [5.41, 5.74) is 0. The molecule has 2 atom stereocenters. The van der Waals surface area contributed by atoms with Crippen molar-refractivity contribution in [3.63, 3.8) is 0 Å². The number of nitrogens with zero attached hydrogens (tertiary/aromatic N) is 2. The van der Waals surface area contributed by atoms with Gasteiger partial charge < -0.3 is 9.47 Å². The maximum Gasteiger partial charge on any atom is 0.257 e. The van der Waals surface area contributed by atoms with Crippen molar-refractivity contribution in [3.05, 3.63) is 18.3 Å². The quantitative estimate of drug-likeness (QED) is 0.715. The lowest BCUT2D eigenvalue weighted by Crippen LogP contribution is -2.45. The van der Waals surface area contributed by atoms with Crippen molar-refractivity contribution in [1.82, 2.24) is 9.88 Å². The molecule has 1 saturated heterocycles. The third-order valence-corrected chi connectivity index (χ3v) is 3.41. The third kappa shape index (κ3) is 1.63. The minimum Gasteiger partial charge on any atom is -0.484 e. The Morgan fingerprint density at radius 1 is 1.50 bits per heavy atom. The molecule has 3 heterocycles. The zero-order valence-electron chi connectivity index (χ0n) is 9.43. The van der Waals surface area contributed by atoms with E-state index in [1.54, 1.807) is 6.20 Å². The van der Waals surface area contributed by atoms with Crippen molar-refractivity contribution in [2.75, 3.05) is 20.2 Å². The molecule has 0 aromatic carbocycles. The van der Waals surface area contributed by atoms with Crippen LogP contribution in [-0.2, 0) is 0 Å². The van der Waals surface area contributed by atoms with Crippen molar-refractivity contribution < 1.29 is 9.47 Å². The number of fused-ring (bicyclic) bond motifs is 1. The molecule has 0 bridgehead atoms. The van der Waals surface area contributed by atoms with Crippen molar-refractivity contribution in [1.29, 1.82) is 0 Å². The molecule has 86 valence electrons. The summed E-state index contributed by atoms with van der Waals surface area (Å²) in [6, 6.07) is 4.23. The van der Waals surface area contributed by atoms with Crippen LogP contribution >= 0.6 is 0 Å². The average Bonchev–Trinajstić information content (AvgIpc) is 2.75. The maximum absolute atomic E-state index is 5.91. The van der Waals surface area contributed by atoms with E-state index in [2.05, 4.69) is 16.9 Å². The lowest BCUT2D eigenvalue weighted by atomic mass is 10.1. The van der Waals surface area contributed by atoms with Crippen LogP contribution in [0.3, 0.4) is 0 Å². The van der Waals surface area contributed by atoms with E-state index < -0.39 is 0 Å². The van der Waals surface area contributed by atoms with E-state index in [-0.39, 0.29) is 6.10 Å². The number of rotatable bonds is 1. The van der Waals surface area contributed by atoms with Crippen LogP contribution in [-0.4, -0.2) is 42.2 Å². The van der Waals surface area contributed by atoms with Gasteiger partial charge in [-0.15, -0.1) is 0 Å². The highest BCUT2D eigenvalue weighted by Gasteiger charge is 2.34. The Labute approximate surface area is 95.2 Å². The van der Waals surface area contributed by atoms with E-state index in [1.165, 1.54) is 12.8 Å². The van der Waals surface area contributed by atoms with Crippen LogP contribution in [0.4, 0.5) is 0 Å². The SMILES string of the molecule is CN1CCC[C@H]1[C@H]1COc2cccnc2O1. The second-order valence-corrected chi connectivity index (χ2v) is 4.46. The number of hydrogen-bond acceptors (Lipinski definition) is 4. The fourth-order valence-electron chi connectivity index (χ4n) is 2.52. The number of aromatic nitrogens is 1. The summed E-state index contributed by atoms with van der Waals surface area (Å²) in [4.78, 5) is 6.55. The van der Waals surface area contributed by atoms with Crippen LogP contribution in [0.25, 0.3) is 0 Å². The van der Waals surface area contributed by atoms with E-state index in [0.29, 0.717) is 18.5 Å². The van der Waals surface area contributed by atoms with Crippen molar-refractivity contribution in [3.8, 4) is 11.6 Å². The summed E-state index contributed by atoms with van der Waals surface area (Å²) < 4.78 is 11.6. The molecule has 0 amide bonds. The Kier molecular flexibility index (Phi) is 2.44. The van der Waals surface area contributed by atoms with Gasteiger partial charge in [-0.05, 0) is 38.6 Å². The van der Waals surface area contributed by atoms with Crippen LogP contribution in [0.1, 0.15) is 12.8 Å². The summed E-state index contributed by atoms with van der Waals surface area (Å²) in [6.07, 6.45) is 4.29. The van der Waals surface area contributed by atoms with Crippen LogP contribution < -0.4 is 9.47 Å². The zero-order chi connectivity index (χ0) is 11.0. The Balaban J connectivity index is 1.77. The van der Waals surface area contributed by atoms with Gasteiger partial charge in [-0.3, -0.25) is 4.90 Å². The minimum absolute atomic E-state index is 0.120. The van der Waals surface area contributed by atoms with Crippen LogP contribution in [0, 0.1) is 0 Å². The van der Waals surface area contributed by atoms with E-state index in [9.17, 15) is 0 Å². The van der Waals surface area contributed by atoms with Crippen LogP contribution in [0.15, 0.2) is 18.3 Å². The lowest BCUT2D eigenvalue weighted by molar-refractivity contribution is 0.0324. The largest absolute Gasteiger partial charge is 0.484 e. The highest BCUT2D eigenvalue weighted by molar-refractivity contribution is 5.34. The van der Waals surface area contributed by atoms with Crippen molar-refractivity contribution >= 4 is 0 Å². The molecule has 1 aromatic heterocycles. The highest BCUT2D eigenvalue weighted by atomic mass is 16.6. The maximum atomic E-state index is 5.91. The number of hydrogen-bond donors (Lipinski definition) is 0. The smallest absolute Gasteiger partial charge is 0.257 e. The predicted molar refractivity (Wildman–Crippen MR) is 59.8 cm³/mol. The average molecular weight is 220 g/mol. The van der Waals surface area contributed by atoms with Gasteiger partial charge in [0.1, 0.15) is 12.7 Å². The van der Waals surface area contributed by atoms with Gasteiger partial charge in [-0.2, -0.15) is 0 Å². The van der Waals surface area contributed by atoms with Gasteiger partial charge in [-0.25, -0.2) is 4.98 Å². The van der Waals surface area contributed by atoms with Crippen LogP contribution in [0.2, 0.25) is 0 Å². The molecular weight excluding hydrogens is 204 g/mol. The standard InChI is InChI=1S/C12H16N2O2/c1-14-7-3-4-9(14)11-8-15-10-5-2-6-13-12(10)16-11/h2,5-6,9,11H,3-4,7-8H2,1H3/t9-,11+/m0/s1. The molecule has 3 rings (SSSR count). The van der Waals surface area contributed by atoms with Crippen molar-refractivity contribution in [2.24, 2.45) is 0 Å². The Bertz CT molecular complexity index is 383. The van der Waals surface area contributed by atoms with Gasteiger partial charge in [0.25, 0.3) is 5.88 Å². The molecule has 4 nitrogen and oxygen atoms in total. The van der Waals surface area contributed by atoms with E-state index in [1.807, 2.05) is 12.1 Å². The first-order valence-electron chi connectivity index (χ1n) is 5.79. The number of likely N-dealkylation sites (N-methyl/N-ethyl adjacent to an activating group) is 1. The summed E-state index contributed by atoms with van der Waals surface area (Å²) in [5.74, 6) is 1.40. The minimum atomic E-state index is 0.120. The van der Waals surface area contributed by atoms with Gasteiger partial charge >= 0.3 is 0 Å². The second kappa shape index (κ2) is 3.94. The molecule has 0 unspecified atom stereocenters. The molecule has 16 heavy (non-hydrogen) atoms. The fourth-order valence-corrected chi connectivity index (χ4v) is 2.52. The van der Waals surface area contributed by atoms with E-state index in [0.717, 1.165) is 12.3 Å². The molecule has 0 saturated carbocycles. The predicted octanol–water partition coefficient (Wildman–Crippen LogP) is 1.32. The first-order chi connectivity index (χ1) is 7.84. The van der Waals surface area contributed by atoms with E-state index >= 15 is 0 Å². The van der Waals surface area contributed by atoms with Crippen molar-refractivity contribution in [2.45, 2.75) is 25.0 Å². The molecule has 0 N–H and O–H groups in total. The molecular formula is C12H16N2O2. The van der Waals surface area contributed by atoms with Gasteiger partial charge in [0.15, 0.2) is 5.75 Å². The summed E-state index contributed by atoms with van der Waals surface area (Å²) in [5, 5.41) is 0. The summed E-state index contributed by atoms with van der Waals surface area (Å²) >= 11 is 0. The second-order valence-electron chi connectivity index (χ2n) is 4.46. The molecule has 0 spiro atoms. The topological polar surface area (TPSA) is 34.6 Å². The highest BCUT2D eigenvalue weighted by Crippen LogP contribution is 2.31. The van der Waals surface area contributed by atoms with Gasteiger partial charge in [0.05, 0.1) is 0 Å². The first kappa shape index (κ1) is 9.90. The first-order valence-corrected chi connectivity index (χ1v) is 5.79. The van der Waals surface area contributed by atoms with E-state index in [4.69, 9.17) is 9.47 Å². The normalized spacial score (nSPS) is 29.3. The van der Waals surface area contributed by atoms with Crippen LogP contribution in [0.5, 0.6) is 11.6 Å². The summed E-state index contributed by atoms with van der Waals surface area (Å²) in [6.45, 7) is 1.79. The number of ether oxygens (including phenoxy) is 2. The zero-order valence-corrected chi connectivity index (χ0v) is 9.43. The van der Waals surface area contributed by atoms with Gasteiger partial charge in [0, 0.05) is 12.2 Å². The van der Waals surface area contributed by atoms with Gasteiger partial charge in [0.2, 0.25) is 0 Å². The molecule has 2 aliphatic rings. The molecule has 4 heteroatoms. The summed E-state index contributed by atoms with van der Waals surface area (Å²) in [7, 11) is 2.15. The molecule has 0 aliphatic carbocycles. The Morgan fingerprint density at radius 2 is 2.44 bits per heavy atom. The lowest BCUT2D eigenvalue weighted by Gasteiger charge is -2.32.